The molecule has 0 aliphatic heterocycles. The van der Waals surface area contributed by atoms with Crippen LogP contribution in [0.4, 0.5) is 11.4 Å². The number of carbonyl (C=O) groups is 1. The number of nitrogens with one attached hydrogen (secondary N) is 1. The molecule has 0 aliphatic carbocycles. The van der Waals surface area contributed by atoms with E-state index in [0.29, 0.717) is 14.9 Å². The number of rotatable bonds is 5. The van der Waals surface area contributed by atoms with E-state index in [0.717, 1.165) is 0 Å². The van der Waals surface area contributed by atoms with Gasteiger partial charge in [0.2, 0.25) is 0 Å². The lowest BCUT2D eigenvalue weighted by Crippen LogP contribution is -2.12. The van der Waals surface area contributed by atoms with Crippen molar-refractivity contribution in [3.8, 4) is 0 Å². The van der Waals surface area contributed by atoms with Gasteiger partial charge >= 0.3 is 0 Å². The van der Waals surface area contributed by atoms with Gasteiger partial charge in [-0.25, -0.2) is 4.98 Å². The fourth-order valence-corrected chi connectivity index (χ4v) is 3.58. The Morgan fingerprint density at radius 1 is 1.11 bits per heavy atom. The lowest BCUT2D eigenvalue weighted by atomic mass is 10.2. The van der Waals surface area contributed by atoms with E-state index in [-0.39, 0.29) is 22.0 Å². The number of non-ortho nitro benzene ring substituents is 1. The third-order valence-electron chi connectivity index (χ3n) is 3.40. The molecule has 1 aromatic heterocycles. The van der Waals surface area contributed by atoms with Crippen LogP contribution in [-0.4, -0.2) is 15.8 Å². The smallest absolute Gasteiger partial charge is 0.272 e. The predicted molar refractivity (Wildman–Crippen MR) is 106 cm³/mol. The standard InChI is InChI=1S/C18H11Cl2N3O3S/c19-11-4-5-15(16(20)7-11)18(24)22-12-8-13(23(25)26)10-14(9-12)27-17-3-1-2-6-21-17/h1-10H,(H,22,24). The van der Waals surface area contributed by atoms with Gasteiger partial charge in [-0.05, 0) is 36.4 Å². The summed E-state index contributed by atoms with van der Waals surface area (Å²) in [6.07, 6.45) is 1.63. The highest BCUT2D eigenvalue weighted by molar-refractivity contribution is 7.99. The second kappa shape index (κ2) is 8.39. The Bertz CT molecular complexity index is 1020. The van der Waals surface area contributed by atoms with Crippen molar-refractivity contribution >= 4 is 52.2 Å². The van der Waals surface area contributed by atoms with Crippen LogP contribution in [0.5, 0.6) is 0 Å². The van der Waals surface area contributed by atoms with Gasteiger partial charge in [0.25, 0.3) is 11.6 Å². The van der Waals surface area contributed by atoms with Crippen LogP contribution in [0.15, 0.2) is 70.7 Å². The molecule has 0 spiro atoms. The second-order valence-corrected chi connectivity index (χ2v) is 7.26. The minimum Gasteiger partial charge on any atom is -0.322 e. The Hall–Kier alpha value is -2.61. The predicted octanol–water partition coefficient (Wildman–Crippen LogP) is 5.70. The molecule has 136 valence electrons. The van der Waals surface area contributed by atoms with Gasteiger partial charge in [-0.15, -0.1) is 0 Å². The number of nitrogens with zero attached hydrogens (tertiary/aromatic N) is 2. The van der Waals surface area contributed by atoms with Crippen LogP contribution < -0.4 is 5.32 Å². The number of aromatic nitrogens is 1. The molecule has 0 saturated carbocycles. The van der Waals surface area contributed by atoms with Gasteiger partial charge in [0.1, 0.15) is 5.03 Å². The fourth-order valence-electron chi connectivity index (χ4n) is 2.22. The van der Waals surface area contributed by atoms with Crippen LogP contribution in [0.1, 0.15) is 10.4 Å². The lowest BCUT2D eigenvalue weighted by molar-refractivity contribution is -0.385. The molecular formula is C18H11Cl2N3O3S. The van der Waals surface area contributed by atoms with Crippen molar-refractivity contribution in [3.05, 3.63) is 86.5 Å². The first-order valence-electron chi connectivity index (χ1n) is 7.57. The van der Waals surface area contributed by atoms with Gasteiger partial charge < -0.3 is 5.32 Å². The molecule has 0 saturated heterocycles. The van der Waals surface area contributed by atoms with Gasteiger partial charge in [-0.1, -0.05) is 41.0 Å². The number of hydrogen-bond acceptors (Lipinski definition) is 5. The third kappa shape index (κ3) is 4.97. The van der Waals surface area contributed by atoms with Gasteiger partial charge in [0, 0.05) is 33.9 Å². The maximum Gasteiger partial charge on any atom is 0.272 e. The number of amides is 1. The summed E-state index contributed by atoms with van der Waals surface area (Å²) in [5, 5.41) is 15.1. The summed E-state index contributed by atoms with van der Waals surface area (Å²) in [5.41, 5.74) is 0.346. The molecule has 9 heteroatoms. The molecule has 27 heavy (non-hydrogen) atoms. The van der Waals surface area contributed by atoms with Gasteiger partial charge in [0.15, 0.2) is 0 Å². The number of pyridine rings is 1. The SMILES string of the molecule is O=C(Nc1cc(Sc2ccccn2)cc([N+](=O)[O-])c1)c1ccc(Cl)cc1Cl. The number of hydrogen-bond donors (Lipinski definition) is 1. The van der Waals surface area contributed by atoms with Crippen molar-refractivity contribution in [2.24, 2.45) is 0 Å². The van der Waals surface area contributed by atoms with Gasteiger partial charge in [-0.3, -0.25) is 14.9 Å². The molecule has 0 atom stereocenters. The third-order valence-corrected chi connectivity index (χ3v) is 4.87. The Labute approximate surface area is 168 Å². The summed E-state index contributed by atoms with van der Waals surface area (Å²) >= 11 is 13.1. The zero-order valence-corrected chi connectivity index (χ0v) is 15.9. The minimum atomic E-state index is -0.520. The number of anilines is 1. The molecule has 1 amide bonds. The zero-order chi connectivity index (χ0) is 19.4. The van der Waals surface area contributed by atoms with Crippen molar-refractivity contribution in [2.75, 3.05) is 5.32 Å². The number of nitro benzene ring substituents is 1. The molecule has 0 radical (unpaired) electrons. The molecule has 3 rings (SSSR count). The van der Waals surface area contributed by atoms with E-state index in [1.807, 2.05) is 6.07 Å². The first-order valence-corrected chi connectivity index (χ1v) is 9.14. The van der Waals surface area contributed by atoms with Crippen LogP contribution in [0.25, 0.3) is 0 Å². The van der Waals surface area contributed by atoms with E-state index >= 15 is 0 Å². The first kappa shape index (κ1) is 19.2. The van der Waals surface area contributed by atoms with Crippen LogP contribution in [0, 0.1) is 10.1 Å². The zero-order valence-electron chi connectivity index (χ0n) is 13.6. The van der Waals surface area contributed by atoms with Crippen LogP contribution in [0.2, 0.25) is 10.0 Å². The van der Waals surface area contributed by atoms with E-state index in [4.69, 9.17) is 23.2 Å². The minimum absolute atomic E-state index is 0.145. The van der Waals surface area contributed by atoms with Crippen molar-refractivity contribution in [1.29, 1.82) is 0 Å². The Morgan fingerprint density at radius 2 is 1.93 bits per heavy atom. The number of benzene rings is 2. The molecule has 6 nitrogen and oxygen atoms in total. The van der Waals surface area contributed by atoms with E-state index in [2.05, 4.69) is 10.3 Å². The fraction of sp³-hybridized carbons (Fsp3) is 0. The summed E-state index contributed by atoms with van der Waals surface area (Å²) in [4.78, 5) is 27.9. The highest BCUT2D eigenvalue weighted by Gasteiger charge is 2.15. The average molecular weight is 420 g/mol. The summed E-state index contributed by atoms with van der Waals surface area (Å²) < 4.78 is 0. The Morgan fingerprint density at radius 3 is 2.59 bits per heavy atom. The molecule has 0 bridgehead atoms. The number of halogens is 2. The molecule has 0 unspecified atom stereocenters. The van der Waals surface area contributed by atoms with E-state index < -0.39 is 10.8 Å². The summed E-state index contributed by atoms with van der Waals surface area (Å²) in [6.45, 7) is 0. The van der Waals surface area contributed by atoms with E-state index in [1.165, 1.54) is 42.1 Å². The molecule has 0 aliphatic rings. The quantitative estimate of drug-likeness (QED) is 0.423. The van der Waals surface area contributed by atoms with Crippen LogP contribution in [0.3, 0.4) is 0 Å². The second-order valence-electron chi connectivity index (χ2n) is 5.32. The maximum atomic E-state index is 12.5. The number of carbonyl (C=O) groups excluding carboxylic acids is 1. The summed E-state index contributed by atoms with van der Waals surface area (Å²) in [5.74, 6) is -0.494. The largest absolute Gasteiger partial charge is 0.322 e. The Balaban J connectivity index is 1.89. The van der Waals surface area contributed by atoms with E-state index in [1.54, 1.807) is 24.4 Å². The molecule has 0 fully saturated rings. The van der Waals surface area contributed by atoms with Crippen molar-refractivity contribution in [1.82, 2.24) is 4.98 Å². The van der Waals surface area contributed by atoms with Crippen molar-refractivity contribution in [2.45, 2.75) is 9.92 Å². The normalized spacial score (nSPS) is 10.4. The van der Waals surface area contributed by atoms with Gasteiger partial charge in [0.05, 0.1) is 15.5 Å². The highest BCUT2D eigenvalue weighted by atomic mass is 35.5. The van der Waals surface area contributed by atoms with Crippen LogP contribution >= 0.6 is 35.0 Å². The number of nitro groups is 1. The average Bonchev–Trinajstić information content (AvgIpc) is 2.62. The molecule has 1 N–H and O–H groups in total. The topological polar surface area (TPSA) is 85.1 Å². The summed E-state index contributed by atoms with van der Waals surface area (Å²) in [7, 11) is 0. The first-order chi connectivity index (χ1) is 12.9. The molecule has 2 aromatic carbocycles. The van der Waals surface area contributed by atoms with Gasteiger partial charge in [-0.2, -0.15) is 0 Å². The lowest BCUT2D eigenvalue weighted by Gasteiger charge is -2.09. The molecule has 3 aromatic rings. The highest BCUT2D eigenvalue weighted by Crippen LogP contribution is 2.32. The Kier molecular flexibility index (Phi) is 5.95. The summed E-state index contributed by atoms with van der Waals surface area (Å²) in [6, 6.07) is 14.2. The van der Waals surface area contributed by atoms with Crippen molar-refractivity contribution in [3.63, 3.8) is 0 Å². The maximum absolute atomic E-state index is 12.5. The van der Waals surface area contributed by atoms with Crippen molar-refractivity contribution < 1.29 is 9.72 Å². The van der Waals surface area contributed by atoms with E-state index in [9.17, 15) is 14.9 Å². The molecule has 1 heterocycles. The monoisotopic (exact) mass is 419 g/mol. The van der Waals surface area contributed by atoms with Crippen LogP contribution in [-0.2, 0) is 0 Å². The molecular weight excluding hydrogens is 409 g/mol.